The second-order valence-electron chi connectivity index (χ2n) is 6.43. The highest BCUT2D eigenvalue weighted by atomic mass is 16.6. The molecule has 1 amide bonds. The first-order chi connectivity index (χ1) is 14.5. The monoisotopic (exact) mass is 408 g/mol. The minimum atomic E-state index is -0.494. The number of para-hydroxylation sites is 1. The third-order valence-corrected chi connectivity index (χ3v) is 4.33. The maximum Gasteiger partial charge on any atom is 0.325 e. The van der Waals surface area contributed by atoms with Gasteiger partial charge in [-0.15, -0.1) is 0 Å². The number of benzene rings is 2. The zero-order valence-corrected chi connectivity index (χ0v) is 16.3. The second-order valence-corrected chi connectivity index (χ2v) is 6.43. The number of carbonyl (C=O) groups excluding carboxylic acids is 2. The molecule has 1 N–H and O–H groups in total. The van der Waals surface area contributed by atoms with Crippen LogP contribution in [-0.4, -0.2) is 34.2 Å². The van der Waals surface area contributed by atoms with Gasteiger partial charge in [-0.05, 0) is 18.6 Å². The molecule has 3 aromatic rings. The first-order valence-corrected chi connectivity index (χ1v) is 9.26. The number of hydrogen-bond acceptors (Lipinski definition) is 6. The number of hydrogen-bond donors (Lipinski definition) is 1. The highest BCUT2D eigenvalue weighted by Crippen LogP contribution is 2.20. The summed E-state index contributed by atoms with van der Waals surface area (Å²) in [6.45, 7) is 2.14. The number of fused-ring (bicyclic) bond motifs is 1. The molecule has 30 heavy (non-hydrogen) atoms. The van der Waals surface area contributed by atoms with Crippen LogP contribution in [0.1, 0.15) is 18.1 Å². The highest BCUT2D eigenvalue weighted by Gasteiger charge is 2.11. The standard InChI is InChI=1S/C21H20N4O5/c1-2-30-21(27)14-24-13-16(18-5-3-4-6-19(18)24)12-22-23-20(26)11-15-7-9-17(10-8-15)25(28)29/h3-10,12-13H,2,11,14H2,1H3,(H,23,26)/b22-12-. The smallest absolute Gasteiger partial charge is 0.325 e. The Morgan fingerprint density at radius 2 is 1.93 bits per heavy atom. The van der Waals surface area contributed by atoms with E-state index in [1.165, 1.54) is 30.5 Å². The maximum absolute atomic E-state index is 12.1. The van der Waals surface area contributed by atoms with Crippen LogP contribution in [0.5, 0.6) is 0 Å². The van der Waals surface area contributed by atoms with Crippen molar-refractivity contribution in [2.75, 3.05) is 6.61 Å². The van der Waals surface area contributed by atoms with E-state index in [4.69, 9.17) is 4.74 Å². The minimum absolute atomic E-state index is 0.0311. The number of nitrogens with zero attached hydrogens (tertiary/aromatic N) is 3. The molecule has 9 nitrogen and oxygen atoms in total. The van der Waals surface area contributed by atoms with Crippen molar-refractivity contribution in [1.82, 2.24) is 9.99 Å². The van der Waals surface area contributed by atoms with Gasteiger partial charge in [-0.1, -0.05) is 30.3 Å². The van der Waals surface area contributed by atoms with Gasteiger partial charge < -0.3 is 9.30 Å². The number of nitro groups is 1. The Morgan fingerprint density at radius 3 is 2.63 bits per heavy atom. The fourth-order valence-corrected chi connectivity index (χ4v) is 2.99. The molecule has 9 heteroatoms. The summed E-state index contributed by atoms with van der Waals surface area (Å²) in [6.07, 6.45) is 3.32. The lowest BCUT2D eigenvalue weighted by molar-refractivity contribution is -0.384. The molecule has 0 aliphatic carbocycles. The molecule has 0 aliphatic heterocycles. The van der Waals surface area contributed by atoms with Crippen LogP contribution in [0.3, 0.4) is 0 Å². The molecule has 0 aliphatic rings. The highest BCUT2D eigenvalue weighted by molar-refractivity contribution is 6.00. The largest absolute Gasteiger partial charge is 0.465 e. The van der Waals surface area contributed by atoms with Crippen molar-refractivity contribution in [2.24, 2.45) is 5.10 Å². The van der Waals surface area contributed by atoms with Crippen molar-refractivity contribution in [3.05, 3.63) is 76.0 Å². The average molecular weight is 408 g/mol. The Kier molecular flexibility index (Phi) is 6.53. The molecule has 1 aromatic heterocycles. The summed E-state index contributed by atoms with van der Waals surface area (Å²) in [6, 6.07) is 13.3. The molecule has 3 rings (SSSR count). The van der Waals surface area contributed by atoms with Crippen LogP contribution in [0.25, 0.3) is 10.9 Å². The predicted molar refractivity (Wildman–Crippen MR) is 111 cm³/mol. The molecule has 2 aromatic carbocycles. The molecule has 0 fully saturated rings. The van der Waals surface area contributed by atoms with Crippen molar-refractivity contribution in [3.8, 4) is 0 Å². The fraction of sp³-hybridized carbons (Fsp3) is 0.190. The van der Waals surface area contributed by atoms with Crippen LogP contribution >= 0.6 is 0 Å². The van der Waals surface area contributed by atoms with Crippen molar-refractivity contribution in [2.45, 2.75) is 19.9 Å². The molecular formula is C21H20N4O5. The number of esters is 1. The first-order valence-electron chi connectivity index (χ1n) is 9.26. The number of ether oxygens (including phenoxy) is 1. The fourth-order valence-electron chi connectivity index (χ4n) is 2.99. The average Bonchev–Trinajstić information content (AvgIpc) is 3.06. The van der Waals surface area contributed by atoms with Crippen LogP contribution in [-0.2, 0) is 27.3 Å². The Hall–Kier alpha value is -4.01. The number of non-ortho nitro benzene ring substituents is 1. The van der Waals surface area contributed by atoms with E-state index in [0.717, 1.165) is 16.5 Å². The van der Waals surface area contributed by atoms with Gasteiger partial charge in [0.2, 0.25) is 5.91 Å². The van der Waals surface area contributed by atoms with Crippen molar-refractivity contribution >= 4 is 34.7 Å². The Labute approximate surface area is 172 Å². The van der Waals surface area contributed by atoms with E-state index in [0.29, 0.717) is 12.2 Å². The van der Waals surface area contributed by atoms with E-state index in [1.54, 1.807) is 17.7 Å². The predicted octanol–water partition coefficient (Wildman–Crippen LogP) is 2.81. The number of rotatable bonds is 8. The van der Waals surface area contributed by atoms with E-state index in [9.17, 15) is 19.7 Å². The molecule has 0 radical (unpaired) electrons. The number of nitro benzene ring substituents is 1. The maximum atomic E-state index is 12.1. The van der Waals surface area contributed by atoms with Gasteiger partial charge in [0.25, 0.3) is 5.69 Å². The number of nitrogens with one attached hydrogen (secondary N) is 1. The van der Waals surface area contributed by atoms with E-state index in [1.807, 2.05) is 24.3 Å². The quantitative estimate of drug-likeness (QED) is 0.266. The molecule has 0 saturated heterocycles. The van der Waals surface area contributed by atoms with Crippen molar-refractivity contribution in [3.63, 3.8) is 0 Å². The van der Waals surface area contributed by atoms with Gasteiger partial charge in [0.05, 0.1) is 24.2 Å². The van der Waals surface area contributed by atoms with Crippen molar-refractivity contribution < 1.29 is 19.2 Å². The van der Waals surface area contributed by atoms with Gasteiger partial charge in [-0.2, -0.15) is 5.10 Å². The van der Waals surface area contributed by atoms with Gasteiger partial charge in [-0.3, -0.25) is 19.7 Å². The van der Waals surface area contributed by atoms with Crippen LogP contribution < -0.4 is 5.43 Å². The van der Waals surface area contributed by atoms with Gasteiger partial charge in [0, 0.05) is 34.8 Å². The number of amides is 1. The summed E-state index contributed by atoms with van der Waals surface area (Å²) < 4.78 is 6.78. The zero-order valence-electron chi connectivity index (χ0n) is 16.3. The summed E-state index contributed by atoms with van der Waals surface area (Å²) in [5, 5.41) is 15.6. The molecule has 0 unspecified atom stereocenters. The van der Waals surface area contributed by atoms with Gasteiger partial charge in [0.1, 0.15) is 6.54 Å². The normalized spacial score (nSPS) is 11.0. The van der Waals surface area contributed by atoms with E-state index >= 15 is 0 Å². The van der Waals surface area contributed by atoms with Crippen molar-refractivity contribution in [1.29, 1.82) is 0 Å². The van der Waals surface area contributed by atoms with Crippen LogP contribution in [0.2, 0.25) is 0 Å². The third kappa shape index (κ3) is 5.07. The first kappa shape index (κ1) is 20.7. The lowest BCUT2D eigenvalue weighted by Gasteiger charge is -2.04. The molecule has 0 saturated carbocycles. The molecule has 0 bridgehead atoms. The topological polar surface area (TPSA) is 116 Å². The zero-order chi connectivity index (χ0) is 21.5. The molecule has 1 heterocycles. The SMILES string of the molecule is CCOC(=O)Cn1cc(/C=N\NC(=O)Cc2ccc([N+](=O)[O-])cc2)c2ccccc21. The number of aromatic nitrogens is 1. The molecule has 154 valence electrons. The Balaban J connectivity index is 1.67. The lowest BCUT2D eigenvalue weighted by Crippen LogP contribution is -2.19. The summed E-state index contributed by atoms with van der Waals surface area (Å²) in [7, 11) is 0. The molecule has 0 spiro atoms. The molecular weight excluding hydrogens is 388 g/mol. The minimum Gasteiger partial charge on any atom is -0.465 e. The van der Waals surface area contributed by atoms with Crippen LogP contribution in [0.15, 0.2) is 59.8 Å². The van der Waals surface area contributed by atoms with E-state index in [-0.39, 0.29) is 30.5 Å². The van der Waals surface area contributed by atoms with E-state index < -0.39 is 4.92 Å². The summed E-state index contributed by atoms with van der Waals surface area (Å²) in [5.41, 5.74) is 4.65. The lowest BCUT2D eigenvalue weighted by atomic mass is 10.1. The van der Waals surface area contributed by atoms with Crippen LogP contribution in [0, 0.1) is 10.1 Å². The third-order valence-electron chi connectivity index (χ3n) is 4.33. The van der Waals surface area contributed by atoms with Crippen LogP contribution in [0.4, 0.5) is 5.69 Å². The van der Waals surface area contributed by atoms with E-state index in [2.05, 4.69) is 10.5 Å². The Bertz CT molecular complexity index is 1100. The Morgan fingerprint density at radius 1 is 1.20 bits per heavy atom. The summed E-state index contributed by atoms with van der Waals surface area (Å²) >= 11 is 0. The van der Waals surface area contributed by atoms with Gasteiger partial charge >= 0.3 is 5.97 Å². The van der Waals surface area contributed by atoms with Gasteiger partial charge in [0.15, 0.2) is 0 Å². The number of hydrazone groups is 1. The summed E-state index contributed by atoms with van der Waals surface area (Å²) in [4.78, 5) is 34.1. The van der Waals surface area contributed by atoms with Gasteiger partial charge in [-0.25, -0.2) is 5.43 Å². The summed E-state index contributed by atoms with van der Waals surface area (Å²) in [5.74, 6) is -0.687. The molecule has 0 atom stereocenters. The second kappa shape index (κ2) is 9.46. The number of carbonyl (C=O) groups is 2.